The first-order valence-corrected chi connectivity index (χ1v) is 7.89. The number of ketones is 1. The molecule has 1 unspecified atom stereocenters. The van der Waals surface area contributed by atoms with Crippen LogP contribution in [0.5, 0.6) is 0 Å². The molecule has 3 atom stereocenters. The predicted molar refractivity (Wildman–Crippen MR) is 81.0 cm³/mol. The van der Waals surface area contributed by atoms with Gasteiger partial charge < -0.3 is 5.32 Å². The molecule has 6 nitrogen and oxygen atoms in total. The van der Waals surface area contributed by atoms with Crippen LogP contribution in [0, 0.1) is 5.92 Å². The Morgan fingerprint density at radius 1 is 1.36 bits per heavy atom. The second-order valence-corrected chi connectivity index (χ2v) is 6.42. The molecular formula is C15H16ClN5O. The smallest absolute Gasteiger partial charge is 0.178 e. The summed E-state index contributed by atoms with van der Waals surface area (Å²) >= 11 is 6.39. The maximum Gasteiger partial charge on any atom is 0.178 e. The molecule has 2 fully saturated rings. The third-order valence-electron chi connectivity index (χ3n) is 4.61. The lowest BCUT2D eigenvalue weighted by Gasteiger charge is -2.12. The Labute approximate surface area is 132 Å². The number of nitrogens with zero attached hydrogens (tertiary/aromatic N) is 3. The summed E-state index contributed by atoms with van der Waals surface area (Å²) < 4.78 is 0. The van der Waals surface area contributed by atoms with Crippen molar-refractivity contribution in [2.75, 3.05) is 13.1 Å². The van der Waals surface area contributed by atoms with Gasteiger partial charge in [-0.05, 0) is 36.9 Å². The SMILES string of the molecule is O=C(c1ccc(C2CCNC2)c(Cl)c1)[C@H]1C[C@@H]1c1nn[nH]n1. The Morgan fingerprint density at radius 2 is 2.27 bits per heavy atom. The third-order valence-corrected chi connectivity index (χ3v) is 4.93. The van der Waals surface area contributed by atoms with Gasteiger partial charge in [-0.2, -0.15) is 5.21 Å². The molecule has 2 aromatic rings. The van der Waals surface area contributed by atoms with Crippen LogP contribution in [-0.4, -0.2) is 39.5 Å². The molecule has 1 aromatic heterocycles. The van der Waals surface area contributed by atoms with Gasteiger partial charge in [-0.25, -0.2) is 0 Å². The van der Waals surface area contributed by atoms with Crippen LogP contribution in [0.3, 0.4) is 0 Å². The number of carbonyl (C=O) groups is 1. The molecule has 114 valence electrons. The average Bonchev–Trinajstić information content (AvgIpc) is 2.97. The van der Waals surface area contributed by atoms with Crippen molar-refractivity contribution in [3.8, 4) is 0 Å². The molecule has 1 aromatic carbocycles. The topological polar surface area (TPSA) is 83.6 Å². The Morgan fingerprint density at radius 3 is 2.95 bits per heavy atom. The van der Waals surface area contributed by atoms with Gasteiger partial charge in [0.1, 0.15) is 0 Å². The summed E-state index contributed by atoms with van der Waals surface area (Å²) in [7, 11) is 0. The lowest BCUT2D eigenvalue weighted by molar-refractivity contribution is 0.0965. The van der Waals surface area contributed by atoms with Gasteiger partial charge in [0.05, 0.1) is 0 Å². The van der Waals surface area contributed by atoms with Gasteiger partial charge in [-0.3, -0.25) is 4.79 Å². The van der Waals surface area contributed by atoms with Crippen LogP contribution in [0.15, 0.2) is 18.2 Å². The van der Waals surface area contributed by atoms with E-state index in [1.165, 1.54) is 0 Å². The molecule has 7 heteroatoms. The summed E-state index contributed by atoms with van der Waals surface area (Å²) in [5, 5.41) is 17.9. The summed E-state index contributed by atoms with van der Waals surface area (Å²) in [6.07, 6.45) is 1.87. The standard InChI is InChI=1S/C15H16ClN5O/c16-13-5-8(1-2-10(13)9-3-4-17-7-9)14(22)11-6-12(11)15-18-20-21-19-15/h1-2,5,9,11-12,17H,3-4,6-7H2,(H,18,19,20,21)/t9?,11-,12-/m0/s1. The fraction of sp³-hybridized carbons (Fsp3) is 0.467. The van der Waals surface area contributed by atoms with Gasteiger partial charge in [-0.15, -0.1) is 10.2 Å². The molecule has 1 aliphatic heterocycles. The number of nitrogens with one attached hydrogen (secondary N) is 2. The van der Waals surface area contributed by atoms with Crippen LogP contribution >= 0.6 is 11.6 Å². The van der Waals surface area contributed by atoms with E-state index in [0.29, 0.717) is 22.3 Å². The van der Waals surface area contributed by atoms with E-state index >= 15 is 0 Å². The van der Waals surface area contributed by atoms with Crippen LogP contribution in [0.4, 0.5) is 0 Å². The monoisotopic (exact) mass is 317 g/mol. The number of benzene rings is 1. The molecule has 2 N–H and O–H groups in total. The van der Waals surface area contributed by atoms with Crippen molar-refractivity contribution in [2.24, 2.45) is 5.92 Å². The average molecular weight is 318 g/mol. The van der Waals surface area contributed by atoms with Gasteiger partial charge in [0.2, 0.25) is 0 Å². The molecule has 1 aliphatic carbocycles. The molecule has 2 aliphatic rings. The lowest BCUT2D eigenvalue weighted by Crippen LogP contribution is -2.09. The van der Waals surface area contributed by atoms with Gasteiger partial charge in [0.15, 0.2) is 11.6 Å². The molecule has 0 bridgehead atoms. The predicted octanol–water partition coefficient (Wildman–Crippen LogP) is 1.92. The minimum Gasteiger partial charge on any atom is -0.316 e. The van der Waals surface area contributed by atoms with E-state index in [9.17, 15) is 4.79 Å². The van der Waals surface area contributed by atoms with E-state index in [-0.39, 0.29) is 17.6 Å². The van der Waals surface area contributed by atoms with Gasteiger partial charge >= 0.3 is 0 Å². The first-order chi connectivity index (χ1) is 10.7. The number of hydrogen-bond acceptors (Lipinski definition) is 5. The van der Waals surface area contributed by atoms with Crippen LogP contribution in [0.2, 0.25) is 5.02 Å². The maximum absolute atomic E-state index is 12.5. The van der Waals surface area contributed by atoms with Crippen molar-refractivity contribution in [3.05, 3.63) is 40.2 Å². The van der Waals surface area contributed by atoms with Gasteiger partial charge in [0.25, 0.3) is 0 Å². The van der Waals surface area contributed by atoms with Crippen molar-refractivity contribution in [2.45, 2.75) is 24.7 Å². The van der Waals surface area contributed by atoms with Crippen molar-refractivity contribution in [1.82, 2.24) is 25.9 Å². The number of H-pyrrole nitrogens is 1. The fourth-order valence-corrected chi connectivity index (χ4v) is 3.58. The number of aromatic amines is 1. The summed E-state index contributed by atoms with van der Waals surface area (Å²) in [4.78, 5) is 12.5. The highest BCUT2D eigenvalue weighted by Gasteiger charge is 2.46. The van der Waals surface area contributed by atoms with Gasteiger partial charge in [0, 0.05) is 29.0 Å². The van der Waals surface area contributed by atoms with Crippen molar-refractivity contribution in [1.29, 1.82) is 0 Å². The Hall–Kier alpha value is -1.79. The molecule has 4 rings (SSSR count). The highest BCUT2D eigenvalue weighted by atomic mass is 35.5. The van der Waals surface area contributed by atoms with E-state index in [4.69, 9.17) is 11.6 Å². The Balaban J connectivity index is 1.51. The Bertz CT molecular complexity index is 696. The molecular weight excluding hydrogens is 302 g/mol. The first kappa shape index (κ1) is 13.8. The summed E-state index contributed by atoms with van der Waals surface area (Å²) in [6.45, 7) is 1.98. The second-order valence-electron chi connectivity index (χ2n) is 6.01. The molecule has 2 heterocycles. The van der Waals surface area contributed by atoms with E-state index in [2.05, 4.69) is 25.9 Å². The zero-order chi connectivity index (χ0) is 15.1. The number of aromatic nitrogens is 4. The van der Waals surface area contributed by atoms with E-state index in [0.717, 1.165) is 31.5 Å². The van der Waals surface area contributed by atoms with E-state index < -0.39 is 0 Å². The van der Waals surface area contributed by atoms with Crippen molar-refractivity contribution in [3.63, 3.8) is 0 Å². The van der Waals surface area contributed by atoms with Gasteiger partial charge in [-0.1, -0.05) is 28.9 Å². The number of halogens is 1. The molecule has 0 amide bonds. The molecule has 1 saturated carbocycles. The number of tetrazole rings is 1. The Kier molecular flexibility index (Phi) is 3.43. The highest BCUT2D eigenvalue weighted by molar-refractivity contribution is 6.31. The third kappa shape index (κ3) is 2.42. The normalized spacial score (nSPS) is 27.0. The van der Waals surface area contributed by atoms with E-state index in [1.54, 1.807) is 0 Å². The second kappa shape index (κ2) is 5.44. The minimum atomic E-state index is -0.0485. The molecule has 1 saturated heterocycles. The van der Waals surface area contributed by atoms with Crippen LogP contribution in [0.1, 0.15) is 46.4 Å². The molecule has 0 spiro atoms. The zero-order valence-electron chi connectivity index (χ0n) is 11.9. The number of Topliss-reactive ketones (excluding diaryl/α,β-unsaturated/α-hetero) is 1. The maximum atomic E-state index is 12.5. The molecule has 22 heavy (non-hydrogen) atoms. The quantitative estimate of drug-likeness (QED) is 0.842. The summed E-state index contributed by atoms with van der Waals surface area (Å²) in [6, 6.07) is 5.70. The van der Waals surface area contributed by atoms with Crippen LogP contribution in [-0.2, 0) is 0 Å². The van der Waals surface area contributed by atoms with E-state index in [1.807, 2.05) is 18.2 Å². The summed E-state index contributed by atoms with van der Waals surface area (Å²) in [5.74, 6) is 1.23. The number of carbonyl (C=O) groups excluding carboxylic acids is 1. The number of rotatable bonds is 4. The highest BCUT2D eigenvalue weighted by Crippen LogP contribution is 2.47. The van der Waals surface area contributed by atoms with Crippen molar-refractivity contribution < 1.29 is 4.79 Å². The van der Waals surface area contributed by atoms with Crippen molar-refractivity contribution >= 4 is 17.4 Å². The first-order valence-electron chi connectivity index (χ1n) is 7.52. The summed E-state index contributed by atoms with van der Waals surface area (Å²) in [5.41, 5.74) is 1.81. The number of hydrogen-bond donors (Lipinski definition) is 2. The zero-order valence-corrected chi connectivity index (χ0v) is 12.7. The minimum absolute atomic E-state index is 0.0485. The van der Waals surface area contributed by atoms with Crippen LogP contribution < -0.4 is 5.32 Å². The fourth-order valence-electron chi connectivity index (χ4n) is 3.24. The lowest BCUT2D eigenvalue weighted by atomic mass is 9.95. The largest absolute Gasteiger partial charge is 0.316 e. The van der Waals surface area contributed by atoms with Crippen LogP contribution in [0.25, 0.3) is 0 Å². The molecule has 0 radical (unpaired) electrons.